The van der Waals surface area contributed by atoms with Gasteiger partial charge in [0, 0.05) is 12.3 Å². The summed E-state index contributed by atoms with van der Waals surface area (Å²) in [4.78, 5) is 84.3. The van der Waals surface area contributed by atoms with E-state index in [1.54, 1.807) is 13.8 Å². The third kappa shape index (κ3) is 13.7. The second-order valence-corrected chi connectivity index (χ2v) is 30.2. The summed E-state index contributed by atoms with van der Waals surface area (Å²) in [6, 6.07) is 0. The predicted molar refractivity (Wildman–Crippen MR) is 312 cm³/mol. The largest absolute Gasteiger partial charge is 0.463 e. The van der Waals surface area contributed by atoms with Gasteiger partial charge in [0.2, 0.25) is 6.10 Å². The van der Waals surface area contributed by atoms with Gasteiger partial charge in [0.05, 0.1) is 46.2 Å². The molecule has 11 aliphatic rings. The summed E-state index contributed by atoms with van der Waals surface area (Å²) in [5.74, 6) is 5.31. The minimum Gasteiger partial charge on any atom is -0.463 e. The molecule has 4 aliphatic heterocycles. The fraction of sp³-hybridized carbons (Fsp3) is 0.897. The Labute approximate surface area is 497 Å². The molecule has 0 aromatic heterocycles. The Morgan fingerprint density at radius 3 is 1.67 bits per heavy atom. The van der Waals surface area contributed by atoms with E-state index in [0.29, 0.717) is 44.1 Å². The van der Waals surface area contributed by atoms with Crippen LogP contribution in [0.15, 0.2) is 0 Å². The van der Waals surface area contributed by atoms with E-state index in [2.05, 4.69) is 27.7 Å². The first kappa shape index (κ1) is 65.2. The van der Waals surface area contributed by atoms with E-state index < -0.39 is 40.5 Å². The minimum atomic E-state index is -0.687. The molecule has 0 radical (unpaired) electrons. The second kappa shape index (κ2) is 25.9. The van der Waals surface area contributed by atoms with Crippen LogP contribution in [-0.2, 0) is 71.5 Å². The lowest BCUT2D eigenvalue weighted by atomic mass is 9.65. The van der Waals surface area contributed by atoms with Crippen LogP contribution in [0.4, 0.5) is 0 Å². The number of fused-ring (bicyclic) bond motifs is 10. The maximum atomic E-state index is 12.8. The quantitative estimate of drug-likeness (QED) is 0.0804. The van der Waals surface area contributed by atoms with Crippen molar-refractivity contribution in [3.8, 4) is 0 Å². The van der Waals surface area contributed by atoms with E-state index in [-0.39, 0.29) is 82.6 Å². The van der Waals surface area contributed by atoms with Crippen molar-refractivity contribution in [2.45, 2.75) is 299 Å². The molecule has 7 saturated carbocycles. The molecule has 15 heteroatoms. The number of hydrogen-bond acceptors (Lipinski definition) is 15. The molecule has 470 valence electrons. The van der Waals surface area contributed by atoms with Crippen LogP contribution in [-0.4, -0.2) is 96.2 Å². The standard InChI is InChI=1S/C25H42O4.C20H32O2.C13H18O5.C10H16O4/c1-5-24(3,4)23(27)29-25(16-6-7-17-25)20-12-14-21(15-13-20)28-22(26)19-10-8-18(2)9-11-19;1-5-19(3,4)18(21)22-20(6-2)11-14-10-15(20)17-13-8-7-12(9-13)16(14)17;1-4-13(2,3)12(15)18-9-7-5-6-8(16-7)10(9)17-11(6)14;1-4-10(2,3)9(12)14-7-5-6-13-8(7)11/h18-21H,5-17H2,1-4H3;12-17H,5-11H2,1-4H3;6-10H,4-5H2,1-3H3;7H,4-6H2,1-3H3. The summed E-state index contributed by atoms with van der Waals surface area (Å²) in [6.45, 7) is 28.2. The minimum absolute atomic E-state index is 0.0343. The van der Waals surface area contributed by atoms with Crippen molar-refractivity contribution in [1.29, 1.82) is 0 Å². The maximum Gasteiger partial charge on any atom is 0.347 e. The molecule has 7 aliphatic carbocycles. The maximum absolute atomic E-state index is 12.8. The summed E-state index contributed by atoms with van der Waals surface area (Å²) in [6.07, 6.45) is 22.6. The van der Waals surface area contributed by atoms with Crippen molar-refractivity contribution in [3.63, 3.8) is 0 Å². The highest BCUT2D eigenvalue weighted by molar-refractivity contribution is 5.83. The van der Waals surface area contributed by atoms with E-state index in [1.807, 2.05) is 55.4 Å². The number of hydrogen-bond donors (Lipinski definition) is 0. The highest BCUT2D eigenvalue weighted by Gasteiger charge is 2.68. The molecule has 0 amide bonds. The third-order valence-electron chi connectivity index (χ3n) is 23.5. The zero-order valence-electron chi connectivity index (χ0n) is 53.5. The van der Waals surface area contributed by atoms with Crippen molar-refractivity contribution >= 4 is 41.8 Å². The van der Waals surface area contributed by atoms with Gasteiger partial charge in [0.1, 0.15) is 23.4 Å². The van der Waals surface area contributed by atoms with Gasteiger partial charge in [-0.1, -0.05) is 41.5 Å². The monoisotopic (exact) mass is 1160 g/mol. The summed E-state index contributed by atoms with van der Waals surface area (Å²) in [5, 5.41) is 0. The molecule has 15 nitrogen and oxygen atoms in total. The van der Waals surface area contributed by atoms with Gasteiger partial charge in [0.25, 0.3) is 0 Å². The van der Waals surface area contributed by atoms with Gasteiger partial charge < -0.3 is 37.9 Å². The second-order valence-electron chi connectivity index (χ2n) is 30.2. The van der Waals surface area contributed by atoms with Crippen molar-refractivity contribution in [2.75, 3.05) is 6.61 Å². The van der Waals surface area contributed by atoms with E-state index in [1.165, 1.54) is 25.7 Å². The number of carbonyl (C=O) groups is 7. The van der Waals surface area contributed by atoms with Crippen molar-refractivity contribution in [1.82, 2.24) is 0 Å². The van der Waals surface area contributed by atoms with Crippen LogP contribution in [0.1, 0.15) is 251 Å². The molecule has 4 saturated heterocycles. The molecule has 0 aromatic carbocycles. The van der Waals surface area contributed by atoms with Gasteiger partial charge in [-0.05, 0) is 244 Å². The van der Waals surface area contributed by atoms with Gasteiger partial charge >= 0.3 is 41.8 Å². The number of esters is 7. The smallest absolute Gasteiger partial charge is 0.347 e. The Bertz CT molecular complexity index is 2310. The molecule has 11 fully saturated rings. The van der Waals surface area contributed by atoms with Crippen molar-refractivity contribution in [3.05, 3.63) is 0 Å². The van der Waals surface area contributed by atoms with Crippen LogP contribution in [0.3, 0.4) is 0 Å². The molecule has 11 rings (SSSR count). The number of cyclic esters (lactones) is 1. The van der Waals surface area contributed by atoms with E-state index >= 15 is 0 Å². The lowest BCUT2D eigenvalue weighted by Crippen LogP contribution is -2.49. The Morgan fingerprint density at radius 1 is 0.566 bits per heavy atom. The fourth-order valence-corrected chi connectivity index (χ4v) is 16.1. The number of rotatable bonds is 16. The van der Waals surface area contributed by atoms with Crippen LogP contribution in [0, 0.1) is 80.8 Å². The van der Waals surface area contributed by atoms with Crippen molar-refractivity contribution < 1.29 is 71.5 Å². The van der Waals surface area contributed by atoms with Gasteiger partial charge in [-0.3, -0.25) is 28.8 Å². The summed E-state index contributed by atoms with van der Waals surface area (Å²) < 4.78 is 44.7. The van der Waals surface area contributed by atoms with Crippen LogP contribution < -0.4 is 0 Å². The molecular weight excluding hydrogens is 1060 g/mol. The molecule has 0 N–H and O–H groups in total. The molecule has 0 spiro atoms. The zero-order valence-corrected chi connectivity index (χ0v) is 53.5. The Balaban J connectivity index is 0.000000149. The van der Waals surface area contributed by atoms with E-state index in [4.69, 9.17) is 37.9 Å². The Morgan fingerprint density at radius 2 is 1.12 bits per heavy atom. The fourth-order valence-electron chi connectivity index (χ4n) is 16.1. The number of carbonyl (C=O) groups excluding carboxylic acids is 7. The summed E-state index contributed by atoms with van der Waals surface area (Å²) >= 11 is 0. The van der Waals surface area contributed by atoms with Crippen LogP contribution in [0.2, 0.25) is 0 Å². The van der Waals surface area contributed by atoms with Gasteiger partial charge in [0.15, 0.2) is 12.2 Å². The molecule has 13 atom stereocenters. The average Bonchev–Trinajstić information content (AvgIpc) is 1.71. The summed E-state index contributed by atoms with van der Waals surface area (Å²) in [7, 11) is 0. The molecule has 0 aromatic rings. The normalized spacial score (nSPS) is 36.9. The van der Waals surface area contributed by atoms with Crippen molar-refractivity contribution in [2.24, 2.45) is 80.8 Å². The molecule has 83 heavy (non-hydrogen) atoms. The SMILES string of the molecule is CCC(C)(C)C(=O)OC1(C2CCC(OC(=O)C3CCC(C)CC3)CC2)CCCC1.CCC(C)(C)C(=O)OC1(CC)CC2CC1C1C3CCC(C3)C21.CCC(C)(C)C(=O)OC1C2CC3C(=O)OC1C3O2.CCC(C)(C)C(=O)OC1CCOC1=O. The summed E-state index contributed by atoms with van der Waals surface area (Å²) in [5.41, 5.74) is -2.19. The lowest BCUT2D eigenvalue weighted by Gasteiger charge is -2.46. The first-order chi connectivity index (χ1) is 39.1. The molecular formula is C68H108O15. The lowest BCUT2D eigenvalue weighted by molar-refractivity contribution is -0.183. The first-order valence-electron chi connectivity index (χ1n) is 33.2. The molecule has 13 unspecified atom stereocenters. The third-order valence-corrected chi connectivity index (χ3v) is 23.5. The zero-order chi connectivity index (χ0) is 60.6. The highest BCUT2D eigenvalue weighted by Crippen LogP contribution is 2.71. The van der Waals surface area contributed by atoms with Gasteiger partial charge in [-0.15, -0.1) is 0 Å². The van der Waals surface area contributed by atoms with Gasteiger partial charge in [-0.2, -0.15) is 0 Å². The van der Waals surface area contributed by atoms with E-state index in [0.717, 1.165) is 138 Å². The Kier molecular flexibility index (Phi) is 20.4. The highest BCUT2D eigenvalue weighted by atomic mass is 16.7. The molecule has 4 heterocycles. The van der Waals surface area contributed by atoms with Crippen LogP contribution in [0.5, 0.6) is 0 Å². The Hall–Kier alpha value is -3.75. The van der Waals surface area contributed by atoms with Crippen LogP contribution in [0.25, 0.3) is 0 Å². The van der Waals surface area contributed by atoms with E-state index in [9.17, 15) is 33.6 Å². The van der Waals surface area contributed by atoms with Crippen LogP contribution >= 0.6 is 0 Å². The van der Waals surface area contributed by atoms with Gasteiger partial charge in [-0.25, -0.2) is 4.79 Å². The topological polar surface area (TPSA) is 193 Å². The predicted octanol–water partition coefficient (Wildman–Crippen LogP) is 13.4. The average molecular weight is 1170 g/mol. The molecule has 6 bridgehead atoms. The first-order valence-corrected chi connectivity index (χ1v) is 33.2. The number of ether oxygens (including phenoxy) is 8.